The first kappa shape index (κ1) is 19.8. The average molecular weight is 397 g/mol. The molecule has 1 aromatic carbocycles. The van der Waals surface area contributed by atoms with Gasteiger partial charge < -0.3 is 18.9 Å². The quantitative estimate of drug-likeness (QED) is 0.383. The molecule has 0 unspecified atom stereocenters. The van der Waals surface area contributed by atoms with Crippen molar-refractivity contribution in [2.75, 3.05) is 27.9 Å². The van der Waals surface area contributed by atoms with Crippen LogP contribution in [0.1, 0.15) is 15.2 Å². The molecule has 2 rings (SSSR count). The molecule has 26 heavy (non-hydrogen) atoms. The number of esters is 1. The molecule has 0 bridgehead atoms. The Morgan fingerprint density at radius 2 is 1.73 bits per heavy atom. The van der Waals surface area contributed by atoms with Crippen LogP contribution in [0.25, 0.3) is 6.08 Å². The molecule has 0 saturated carbocycles. The maximum atomic E-state index is 11.9. The number of hydrogen-bond donors (Lipinski definition) is 0. The van der Waals surface area contributed by atoms with Gasteiger partial charge >= 0.3 is 5.97 Å². The third kappa shape index (κ3) is 5.00. The number of thiophene rings is 1. The highest BCUT2D eigenvalue weighted by atomic mass is 35.5. The molecule has 0 atom stereocenters. The first-order valence-corrected chi connectivity index (χ1v) is 8.61. The molecule has 6 nitrogen and oxygen atoms in total. The number of ketones is 1. The highest BCUT2D eigenvalue weighted by Crippen LogP contribution is 2.38. The maximum absolute atomic E-state index is 11.9. The molecule has 0 amide bonds. The van der Waals surface area contributed by atoms with E-state index < -0.39 is 5.97 Å². The normalized spacial score (nSPS) is 10.6. The van der Waals surface area contributed by atoms with Gasteiger partial charge in [-0.1, -0.05) is 11.6 Å². The Kier molecular flexibility index (Phi) is 7.06. The van der Waals surface area contributed by atoms with Crippen LogP contribution in [0.4, 0.5) is 0 Å². The Bertz CT molecular complexity index is 802. The summed E-state index contributed by atoms with van der Waals surface area (Å²) in [5.41, 5.74) is 0.646. The second-order valence-corrected chi connectivity index (χ2v) is 6.64. The lowest BCUT2D eigenvalue weighted by molar-refractivity contribution is -0.136. The summed E-state index contributed by atoms with van der Waals surface area (Å²) >= 11 is 6.91. The monoisotopic (exact) mass is 396 g/mol. The number of rotatable bonds is 8. The van der Waals surface area contributed by atoms with E-state index in [-0.39, 0.29) is 12.4 Å². The summed E-state index contributed by atoms with van der Waals surface area (Å²) in [6.07, 6.45) is 2.74. The van der Waals surface area contributed by atoms with Gasteiger partial charge in [-0.2, -0.15) is 0 Å². The fourth-order valence-electron chi connectivity index (χ4n) is 2.08. The molecule has 2 aromatic rings. The molecule has 0 spiro atoms. The van der Waals surface area contributed by atoms with Crippen molar-refractivity contribution < 1.29 is 28.5 Å². The van der Waals surface area contributed by atoms with Gasteiger partial charge in [-0.05, 0) is 35.9 Å². The van der Waals surface area contributed by atoms with Gasteiger partial charge in [-0.3, -0.25) is 4.79 Å². The molecule has 1 aromatic heterocycles. The van der Waals surface area contributed by atoms with Crippen LogP contribution in [0.3, 0.4) is 0 Å². The Labute approximate surface area is 159 Å². The van der Waals surface area contributed by atoms with Crippen LogP contribution in [0.2, 0.25) is 4.34 Å². The largest absolute Gasteiger partial charge is 0.493 e. The van der Waals surface area contributed by atoms with Crippen LogP contribution in [0, 0.1) is 0 Å². The lowest BCUT2D eigenvalue weighted by Gasteiger charge is -2.12. The van der Waals surface area contributed by atoms with Crippen molar-refractivity contribution in [3.63, 3.8) is 0 Å². The predicted molar refractivity (Wildman–Crippen MR) is 99.8 cm³/mol. The topological polar surface area (TPSA) is 71.1 Å². The van der Waals surface area contributed by atoms with E-state index in [0.29, 0.717) is 32.0 Å². The Balaban J connectivity index is 2.02. The van der Waals surface area contributed by atoms with Crippen molar-refractivity contribution >= 4 is 40.8 Å². The molecule has 0 N–H and O–H groups in total. The van der Waals surface area contributed by atoms with Crippen LogP contribution in [-0.4, -0.2) is 39.7 Å². The van der Waals surface area contributed by atoms with Crippen molar-refractivity contribution in [2.45, 2.75) is 0 Å². The predicted octanol–water partition coefficient (Wildman–Crippen LogP) is 3.87. The molecular weight excluding hydrogens is 380 g/mol. The minimum atomic E-state index is -0.644. The van der Waals surface area contributed by atoms with E-state index in [0.717, 1.165) is 11.3 Å². The highest BCUT2D eigenvalue weighted by Gasteiger charge is 2.13. The van der Waals surface area contributed by atoms with Gasteiger partial charge in [0.1, 0.15) is 0 Å². The fraction of sp³-hybridized carbons (Fsp3) is 0.222. The SMILES string of the molecule is COc1cc(/C=C/C(=O)OCC(=O)c2ccc(Cl)s2)cc(OC)c1OC. The maximum Gasteiger partial charge on any atom is 0.331 e. The van der Waals surface area contributed by atoms with E-state index in [4.69, 9.17) is 30.5 Å². The van der Waals surface area contributed by atoms with Crippen LogP contribution in [-0.2, 0) is 9.53 Å². The number of carbonyl (C=O) groups is 2. The van der Waals surface area contributed by atoms with Crippen molar-refractivity contribution in [3.05, 3.63) is 45.1 Å². The Morgan fingerprint density at radius 3 is 2.23 bits per heavy atom. The van der Waals surface area contributed by atoms with Gasteiger partial charge in [0.25, 0.3) is 0 Å². The van der Waals surface area contributed by atoms with Crippen LogP contribution < -0.4 is 14.2 Å². The highest BCUT2D eigenvalue weighted by molar-refractivity contribution is 7.18. The molecule has 0 radical (unpaired) electrons. The summed E-state index contributed by atoms with van der Waals surface area (Å²) in [6.45, 7) is -0.352. The zero-order valence-corrected chi connectivity index (χ0v) is 16.0. The zero-order chi connectivity index (χ0) is 19.1. The van der Waals surface area contributed by atoms with Gasteiger partial charge in [0.15, 0.2) is 18.1 Å². The summed E-state index contributed by atoms with van der Waals surface area (Å²) in [6, 6.07) is 6.58. The smallest absolute Gasteiger partial charge is 0.331 e. The molecule has 8 heteroatoms. The van der Waals surface area contributed by atoms with Crippen molar-refractivity contribution in [1.82, 2.24) is 0 Å². The van der Waals surface area contributed by atoms with Crippen molar-refractivity contribution in [2.24, 2.45) is 0 Å². The minimum absolute atomic E-state index is 0.309. The number of hydrogen-bond acceptors (Lipinski definition) is 7. The fourth-order valence-corrected chi connectivity index (χ4v) is 3.05. The number of halogens is 1. The van der Waals surface area contributed by atoms with E-state index >= 15 is 0 Å². The molecule has 0 fully saturated rings. The minimum Gasteiger partial charge on any atom is -0.493 e. The third-order valence-corrected chi connectivity index (χ3v) is 4.56. The molecule has 0 aliphatic rings. The van der Waals surface area contributed by atoms with E-state index in [9.17, 15) is 9.59 Å². The van der Waals surface area contributed by atoms with E-state index in [1.807, 2.05) is 0 Å². The summed E-state index contributed by atoms with van der Waals surface area (Å²) in [5, 5.41) is 0. The number of Topliss-reactive ketones (excluding diaryl/α,β-unsaturated/α-hetero) is 1. The van der Waals surface area contributed by atoms with Crippen LogP contribution in [0.5, 0.6) is 17.2 Å². The lowest BCUT2D eigenvalue weighted by Crippen LogP contribution is -2.11. The standard InChI is InChI=1S/C18H17ClO6S/c1-22-13-8-11(9-14(23-2)18(13)24-3)4-7-17(21)25-10-12(20)15-5-6-16(19)26-15/h4-9H,10H2,1-3H3/b7-4+. The van der Waals surface area contributed by atoms with Crippen LogP contribution in [0.15, 0.2) is 30.3 Å². The van der Waals surface area contributed by atoms with E-state index in [2.05, 4.69) is 0 Å². The number of methoxy groups -OCH3 is 3. The first-order valence-electron chi connectivity index (χ1n) is 7.42. The average Bonchev–Trinajstić information content (AvgIpc) is 3.09. The number of benzene rings is 1. The van der Waals surface area contributed by atoms with Gasteiger partial charge in [-0.15, -0.1) is 11.3 Å². The lowest BCUT2D eigenvalue weighted by atomic mass is 10.1. The second kappa shape index (κ2) is 9.26. The van der Waals surface area contributed by atoms with Gasteiger partial charge in [0, 0.05) is 6.08 Å². The Morgan fingerprint density at radius 1 is 1.08 bits per heavy atom. The molecule has 1 heterocycles. The third-order valence-electron chi connectivity index (χ3n) is 3.29. The molecule has 0 aliphatic carbocycles. The molecule has 0 saturated heterocycles. The molecule has 138 valence electrons. The summed E-state index contributed by atoms with van der Waals surface area (Å²) in [5.74, 6) is 0.426. The van der Waals surface area contributed by atoms with Crippen molar-refractivity contribution in [3.8, 4) is 17.2 Å². The van der Waals surface area contributed by atoms with E-state index in [1.54, 1.807) is 24.3 Å². The first-order chi connectivity index (χ1) is 12.5. The number of ether oxygens (including phenoxy) is 4. The summed E-state index contributed by atoms with van der Waals surface area (Å²) in [4.78, 5) is 24.1. The summed E-state index contributed by atoms with van der Waals surface area (Å²) in [7, 11) is 4.51. The van der Waals surface area contributed by atoms with Crippen molar-refractivity contribution in [1.29, 1.82) is 0 Å². The molecule has 0 aliphatic heterocycles. The van der Waals surface area contributed by atoms with Gasteiger partial charge in [0.05, 0.1) is 30.5 Å². The van der Waals surface area contributed by atoms with Gasteiger partial charge in [0.2, 0.25) is 11.5 Å². The van der Waals surface area contributed by atoms with E-state index in [1.165, 1.54) is 33.5 Å². The second-order valence-electron chi connectivity index (χ2n) is 4.93. The Hall–Kier alpha value is -2.51. The van der Waals surface area contributed by atoms with Gasteiger partial charge in [-0.25, -0.2) is 4.79 Å². The molecular formula is C18H17ClO6S. The number of carbonyl (C=O) groups excluding carboxylic acids is 2. The summed E-state index contributed by atoms with van der Waals surface area (Å²) < 4.78 is 21.2. The van der Waals surface area contributed by atoms with Crippen LogP contribution >= 0.6 is 22.9 Å². The zero-order valence-electron chi connectivity index (χ0n) is 14.4.